The van der Waals surface area contributed by atoms with Crippen LogP contribution in [0.25, 0.3) is 0 Å². The molecule has 0 bridgehead atoms. The Labute approximate surface area is 169 Å². The number of benzene rings is 3. The number of rotatable bonds is 4. The Kier molecular flexibility index (Phi) is 5.20. The van der Waals surface area contributed by atoms with E-state index in [1.807, 2.05) is 72.8 Å². The molecule has 5 heteroatoms. The Bertz CT molecular complexity index is 1030. The fourth-order valence-corrected chi connectivity index (χ4v) is 3.53. The number of carbonyl (C=O) groups excluding carboxylic acids is 2. The molecule has 2 amide bonds. The third-order valence-corrected chi connectivity index (χ3v) is 4.98. The van der Waals surface area contributed by atoms with E-state index >= 15 is 0 Å². The van der Waals surface area contributed by atoms with Gasteiger partial charge in [0.2, 0.25) is 5.91 Å². The molecule has 1 heterocycles. The minimum absolute atomic E-state index is 0.0147. The summed E-state index contributed by atoms with van der Waals surface area (Å²) in [4.78, 5) is 26.2. The van der Waals surface area contributed by atoms with Crippen LogP contribution in [0.4, 0.5) is 5.69 Å². The molecule has 0 radical (unpaired) electrons. The van der Waals surface area contributed by atoms with Crippen molar-refractivity contribution in [2.45, 2.75) is 13.3 Å². The van der Waals surface area contributed by atoms with E-state index in [4.69, 9.17) is 0 Å². The first-order valence-electron chi connectivity index (χ1n) is 9.53. The van der Waals surface area contributed by atoms with Crippen molar-refractivity contribution in [3.05, 3.63) is 101 Å². The molecule has 29 heavy (non-hydrogen) atoms. The molecule has 1 N–H and O–H groups in total. The molecule has 0 fully saturated rings. The van der Waals surface area contributed by atoms with Gasteiger partial charge in [0, 0.05) is 35.8 Å². The van der Waals surface area contributed by atoms with E-state index in [2.05, 4.69) is 10.5 Å². The number of fused-ring (bicyclic) bond motifs is 1. The van der Waals surface area contributed by atoms with Crippen molar-refractivity contribution < 1.29 is 9.59 Å². The summed E-state index contributed by atoms with van der Waals surface area (Å²) >= 11 is 0. The average Bonchev–Trinajstić information content (AvgIpc) is 3.19. The van der Waals surface area contributed by atoms with Gasteiger partial charge in [-0.25, -0.2) is 5.43 Å². The molecule has 1 aliphatic rings. The van der Waals surface area contributed by atoms with Gasteiger partial charge in [0.1, 0.15) is 0 Å². The molecule has 1 aliphatic heterocycles. The van der Waals surface area contributed by atoms with E-state index in [1.165, 1.54) is 0 Å². The molecular formula is C24H21N3O2. The lowest BCUT2D eigenvalue weighted by atomic mass is 10.0. The zero-order valence-electron chi connectivity index (χ0n) is 16.1. The van der Waals surface area contributed by atoms with Gasteiger partial charge in [-0.05, 0) is 30.2 Å². The summed E-state index contributed by atoms with van der Waals surface area (Å²) in [5.41, 5.74) is 7.64. The number of anilines is 1. The lowest BCUT2D eigenvalue weighted by Gasteiger charge is -2.14. The molecule has 0 atom stereocenters. The molecule has 3 aromatic rings. The fraction of sp³-hybridized carbons (Fsp3) is 0.125. The van der Waals surface area contributed by atoms with Gasteiger partial charge in [0.25, 0.3) is 5.91 Å². The average molecular weight is 383 g/mol. The van der Waals surface area contributed by atoms with Crippen molar-refractivity contribution in [2.24, 2.45) is 5.10 Å². The zero-order chi connectivity index (χ0) is 20.2. The number of hydrazone groups is 1. The SMILES string of the molecule is CC(=O)N1CCc2cc(C(=O)NN=C(c3ccccc3)c3ccccc3)ccc21. The van der Waals surface area contributed by atoms with Gasteiger partial charge >= 0.3 is 0 Å². The Balaban J connectivity index is 1.60. The molecule has 0 aromatic heterocycles. The van der Waals surface area contributed by atoms with Crippen LogP contribution in [-0.4, -0.2) is 24.1 Å². The van der Waals surface area contributed by atoms with Crippen LogP contribution in [0.1, 0.15) is 34.0 Å². The van der Waals surface area contributed by atoms with Crippen molar-refractivity contribution in [3.63, 3.8) is 0 Å². The van der Waals surface area contributed by atoms with Gasteiger partial charge in [-0.1, -0.05) is 60.7 Å². The first kappa shape index (κ1) is 18.6. The Morgan fingerprint density at radius 2 is 1.48 bits per heavy atom. The maximum atomic E-state index is 12.7. The first-order valence-corrected chi connectivity index (χ1v) is 9.53. The number of amides is 2. The summed E-state index contributed by atoms with van der Waals surface area (Å²) in [6.07, 6.45) is 0.749. The van der Waals surface area contributed by atoms with Crippen molar-refractivity contribution in [1.82, 2.24) is 5.43 Å². The zero-order valence-corrected chi connectivity index (χ0v) is 16.1. The molecule has 144 valence electrons. The number of hydrogen-bond donors (Lipinski definition) is 1. The second-order valence-corrected chi connectivity index (χ2v) is 6.90. The highest BCUT2D eigenvalue weighted by Gasteiger charge is 2.23. The third kappa shape index (κ3) is 3.94. The van der Waals surface area contributed by atoms with Crippen LogP contribution in [0, 0.1) is 0 Å². The first-order chi connectivity index (χ1) is 14.1. The van der Waals surface area contributed by atoms with Crippen molar-refractivity contribution >= 4 is 23.2 Å². The Morgan fingerprint density at radius 1 is 0.862 bits per heavy atom. The minimum atomic E-state index is -0.279. The molecular weight excluding hydrogens is 362 g/mol. The highest BCUT2D eigenvalue weighted by Crippen LogP contribution is 2.28. The largest absolute Gasteiger partial charge is 0.312 e. The maximum absolute atomic E-state index is 12.7. The standard InChI is InChI=1S/C24H21N3O2/c1-17(28)27-15-14-20-16-21(12-13-22(20)27)24(29)26-25-23(18-8-4-2-5-9-18)19-10-6-3-7-11-19/h2-13,16H,14-15H2,1H3,(H,26,29). The summed E-state index contributed by atoms with van der Waals surface area (Å²) < 4.78 is 0. The highest BCUT2D eigenvalue weighted by atomic mass is 16.2. The van der Waals surface area contributed by atoms with E-state index in [1.54, 1.807) is 17.9 Å². The monoisotopic (exact) mass is 383 g/mol. The minimum Gasteiger partial charge on any atom is -0.312 e. The predicted octanol–water partition coefficient (Wildman–Crippen LogP) is 3.78. The summed E-state index contributed by atoms with van der Waals surface area (Å²) in [5.74, 6) is -0.264. The van der Waals surface area contributed by atoms with Crippen LogP contribution >= 0.6 is 0 Å². The van der Waals surface area contributed by atoms with E-state index in [0.29, 0.717) is 17.8 Å². The summed E-state index contributed by atoms with van der Waals surface area (Å²) in [6.45, 7) is 2.21. The van der Waals surface area contributed by atoms with Gasteiger partial charge in [-0.15, -0.1) is 0 Å². The Hall–Kier alpha value is -3.73. The normalized spacial score (nSPS) is 12.2. The molecule has 0 aliphatic carbocycles. The lowest BCUT2D eigenvalue weighted by Crippen LogP contribution is -2.25. The molecule has 0 spiro atoms. The van der Waals surface area contributed by atoms with Gasteiger partial charge in [0.15, 0.2) is 0 Å². The van der Waals surface area contributed by atoms with E-state index in [-0.39, 0.29) is 11.8 Å². The summed E-state index contributed by atoms with van der Waals surface area (Å²) in [5, 5.41) is 4.43. The van der Waals surface area contributed by atoms with E-state index in [0.717, 1.165) is 28.8 Å². The van der Waals surface area contributed by atoms with Crippen LogP contribution in [-0.2, 0) is 11.2 Å². The van der Waals surface area contributed by atoms with Gasteiger partial charge in [-0.2, -0.15) is 5.10 Å². The fourth-order valence-electron chi connectivity index (χ4n) is 3.53. The molecule has 0 saturated carbocycles. The van der Waals surface area contributed by atoms with Crippen molar-refractivity contribution in [2.75, 3.05) is 11.4 Å². The Morgan fingerprint density at radius 3 is 2.07 bits per heavy atom. The topological polar surface area (TPSA) is 61.8 Å². The van der Waals surface area contributed by atoms with E-state index in [9.17, 15) is 9.59 Å². The molecule has 0 unspecified atom stereocenters. The van der Waals surface area contributed by atoms with Crippen LogP contribution in [0.3, 0.4) is 0 Å². The van der Waals surface area contributed by atoms with Crippen molar-refractivity contribution in [1.29, 1.82) is 0 Å². The summed E-state index contributed by atoms with van der Waals surface area (Å²) in [7, 11) is 0. The second kappa shape index (κ2) is 8.10. The highest BCUT2D eigenvalue weighted by molar-refractivity contribution is 6.13. The molecule has 0 saturated heterocycles. The molecule has 5 nitrogen and oxygen atoms in total. The van der Waals surface area contributed by atoms with Crippen LogP contribution in [0.15, 0.2) is 84.0 Å². The quantitative estimate of drug-likeness (QED) is 0.551. The van der Waals surface area contributed by atoms with Crippen molar-refractivity contribution in [3.8, 4) is 0 Å². The molecule has 3 aromatic carbocycles. The smallest absolute Gasteiger partial charge is 0.271 e. The number of nitrogens with zero attached hydrogens (tertiary/aromatic N) is 2. The van der Waals surface area contributed by atoms with Crippen LogP contribution < -0.4 is 10.3 Å². The van der Waals surface area contributed by atoms with Crippen LogP contribution in [0.5, 0.6) is 0 Å². The van der Waals surface area contributed by atoms with Crippen LogP contribution in [0.2, 0.25) is 0 Å². The lowest BCUT2D eigenvalue weighted by molar-refractivity contribution is -0.116. The number of carbonyl (C=O) groups is 2. The number of hydrogen-bond acceptors (Lipinski definition) is 3. The maximum Gasteiger partial charge on any atom is 0.271 e. The van der Waals surface area contributed by atoms with Gasteiger partial charge < -0.3 is 4.90 Å². The molecule has 4 rings (SSSR count). The third-order valence-electron chi connectivity index (χ3n) is 4.98. The summed E-state index contributed by atoms with van der Waals surface area (Å²) in [6, 6.07) is 24.9. The predicted molar refractivity (Wildman–Crippen MR) is 114 cm³/mol. The number of nitrogens with one attached hydrogen (secondary N) is 1. The van der Waals surface area contributed by atoms with Gasteiger partial charge in [0.05, 0.1) is 5.71 Å². The second-order valence-electron chi connectivity index (χ2n) is 6.90. The van der Waals surface area contributed by atoms with Gasteiger partial charge in [-0.3, -0.25) is 9.59 Å². The van der Waals surface area contributed by atoms with E-state index < -0.39 is 0 Å².